The summed E-state index contributed by atoms with van der Waals surface area (Å²) in [5.74, 6) is -0.532. The Hall–Kier alpha value is -2.21. The first-order valence-corrected chi connectivity index (χ1v) is 7.62. The summed E-state index contributed by atoms with van der Waals surface area (Å²) in [6.45, 7) is 4.13. The lowest BCUT2D eigenvalue weighted by molar-refractivity contribution is -0.131. The van der Waals surface area contributed by atoms with Gasteiger partial charge in [0.1, 0.15) is 6.04 Å². The maximum absolute atomic E-state index is 11.5. The molecular formula is C18H23N3O2. The molecule has 0 saturated heterocycles. The highest BCUT2D eigenvalue weighted by atomic mass is 16.5. The Kier molecular flexibility index (Phi) is 5.87. The second-order valence-corrected chi connectivity index (χ2v) is 5.64. The summed E-state index contributed by atoms with van der Waals surface area (Å²) in [4.78, 5) is 11.5. The largest absolute Gasteiger partial charge is 0.328 e. The molecule has 5 heteroatoms. The van der Waals surface area contributed by atoms with Crippen molar-refractivity contribution < 1.29 is 10.0 Å². The van der Waals surface area contributed by atoms with Crippen LogP contribution in [0.1, 0.15) is 24.1 Å². The molecule has 0 spiro atoms. The first-order valence-electron chi connectivity index (χ1n) is 7.62. The Morgan fingerprint density at radius 2 is 1.61 bits per heavy atom. The van der Waals surface area contributed by atoms with Gasteiger partial charge >= 0.3 is 0 Å². The number of carbonyl (C=O) groups excluding carboxylic acids is 1. The zero-order valence-electron chi connectivity index (χ0n) is 13.4. The highest BCUT2D eigenvalue weighted by Crippen LogP contribution is 2.22. The molecule has 1 amide bonds. The van der Waals surface area contributed by atoms with E-state index in [1.165, 1.54) is 11.1 Å². The first kappa shape index (κ1) is 17.1. The van der Waals surface area contributed by atoms with Gasteiger partial charge < -0.3 is 5.73 Å². The second kappa shape index (κ2) is 7.87. The molecule has 0 saturated carbocycles. The van der Waals surface area contributed by atoms with Gasteiger partial charge in [-0.2, -0.15) is 0 Å². The number of aryl methyl sites for hydroxylation is 1. The number of nitrogens with one attached hydrogen (secondary N) is 2. The van der Waals surface area contributed by atoms with Crippen LogP contribution >= 0.6 is 0 Å². The van der Waals surface area contributed by atoms with Gasteiger partial charge in [-0.3, -0.25) is 15.3 Å². The Morgan fingerprint density at radius 1 is 1.09 bits per heavy atom. The van der Waals surface area contributed by atoms with E-state index in [9.17, 15) is 4.79 Å². The smallest absolute Gasteiger partial charge is 0.261 e. The highest BCUT2D eigenvalue weighted by molar-refractivity contribution is 5.80. The molecule has 2 rings (SSSR count). The summed E-state index contributed by atoms with van der Waals surface area (Å²) in [6, 6.07) is 15.8. The van der Waals surface area contributed by atoms with Crippen LogP contribution < -0.4 is 16.5 Å². The minimum Gasteiger partial charge on any atom is -0.328 e. The second-order valence-electron chi connectivity index (χ2n) is 5.64. The fourth-order valence-electron chi connectivity index (χ4n) is 2.44. The van der Waals surface area contributed by atoms with E-state index < -0.39 is 11.9 Å². The average molecular weight is 313 g/mol. The highest BCUT2D eigenvalue weighted by Gasteiger charge is 2.18. The maximum Gasteiger partial charge on any atom is 0.261 e. The molecule has 0 aliphatic rings. The number of amides is 1. The van der Waals surface area contributed by atoms with Crippen molar-refractivity contribution >= 4 is 5.91 Å². The summed E-state index contributed by atoms with van der Waals surface area (Å²) in [7, 11) is 0. The molecular weight excluding hydrogens is 290 g/mol. The van der Waals surface area contributed by atoms with E-state index in [2.05, 4.69) is 48.6 Å². The van der Waals surface area contributed by atoms with Gasteiger partial charge in [0, 0.05) is 12.6 Å². The zero-order chi connectivity index (χ0) is 16.8. The van der Waals surface area contributed by atoms with Gasteiger partial charge in [0.25, 0.3) is 5.91 Å². The van der Waals surface area contributed by atoms with Crippen LogP contribution in [0.25, 0.3) is 11.1 Å². The Bertz CT molecular complexity index is 638. The molecule has 23 heavy (non-hydrogen) atoms. The predicted molar refractivity (Wildman–Crippen MR) is 90.9 cm³/mol. The topological polar surface area (TPSA) is 87.4 Å². The van der Waals surface area contributed by atoms with Gasteiger partial charge in [0.2, 0.25) is 0 Å². The van der Waals surface area contributed by atoms with Gasteiger partial charge in [0.05, 0.1) is 0 Å². The molecule has 0 radical (unpaired) electrons. The molecule has 5 nitrogen and oxygen atoms in total. The summed E-state index contributed by atoms with van der Waals surface area (Å²) in [5, 5.41) is 11.8. The summed E-state index contributed by atoms with van der Waals surface area (Å²) >= 11 is 0. The fourth-order valence-corrected chi connectivity index (χ4v) is 2.44. The van der Waals surface area contributed by atoms with E-state index in [0.717, 1.165) is 11.1 Å². The monoisotopic (exact) mass is 313 g/mol. The lowest BCUT2D eigenvalue weighted by Gasteiger charge is -2.21. The number of benzene rings is 2. The molecule has 2 aromatic carbocycles. The van der Waals surface area contributed by atoms with E-state index in [1.54, 1.807) is 5.48 Å². The molecule has 5 N–H and O–H groups in total. The third-order valence-corrected chi connectivity index (χ3v) is 3.91. The molecule has 2 aromatic rings. The fraction of sp³-hybridized carbons (Fsp3) is 0.278. The molecule has 0 aliphatic heterocycles. The van der Waals surface area contributed by atoms with Crippen molar-refractivity contribution in [3.63, 3.8) is 0 Å². The minimum atomic E-state index is -0.633. The van der Waals surface area contributed by atoms with Gasteiger partial charge in [-0.15, -0.1) is 0 Å². The average Bonchev–Trinajstić information content (AvgIpc) is 2.59. The molecule has 0 aromatic heterocycles. The standard InChI is InChI=1S/C18H23N3O2/c1-12-3-5-15(6-4-12)16-9-7-14(8-10-16)13(2)20-17(11-19)18(22)21-23/h3-10,13,17,20,23H,11,19H2,1-2H3,(H,21,22)/t13?,17-/m0/s1. The van der Waals surface area contributed by atoms with Crippen LogP contribution in [-0.2, 0) is 4.79 Å². The van der Waals surface area contributed by atoms with E-state index in [1.807, 2.05) is 19.1 Å². The van der Waals surface area contributed by atoms with Crippen molar-refractivity contribution in [2.45, 2.75) is 25.9 Å². The zero-order valence-corrected chi connectivity index (χ0v) is 13.4. The summed E-state index contributed by atoms with van der Waals surface area (Å²) < 4.78 is 0. The number of hydrogen-bond acceptors (Lipinski definition) is 4. The quantitative estimate of drug-likeness (QED) is 0.486. The van der Waals surface area contributed by atoms with E-state index >= 15 is 0 Å². The van der Waals surface area contributed by atoms with Crippen LogP contribution in [0.4, 0.5) is 0 Å². The summed E-state index contributed by atoms with van der Waals surface area (Å²) in [6.07, 6.45) is 0. The SMILES string of the molecule is Cc1ccc(-c2ccc(C(C)N[C@@H](CN)C(=O)NO)cc2)cc1. The number of hydrogen-bond donors (Lipinski definition) is 4. The van der Waals surface area contributed by atoms with Crippen LogP contribution in [0.3, 0.4) is 0 Å². The van der Waals surface area contributed by atoms with Gasteiger partial charge in [0.15, 0.2) is 0 Å². The van der Waals surface area contributed by atoms with E-state index in [4.69, 9.17) is 10.9 Å². The molecule has 1 unspecified atom stereocenters. The van der Waals surface area contributed by atoms with Crippen LogP contribution in [0, 0.1) is 6.92 Å². The predicted octanol–water partition coefficient (Wildman–Crippen LogP) is 2.15. The molecule has 0 heterocycles. The summed E-state index contributed by atoms with van der Waals surface area (Å²) in [5.41, 5.74) is 11.8. The lowest BCUT2D eigenvalue weighted by Crippen LogP contribution is -2.48. The number of nitrogens with two attached hydrogens (primary N) is 1. The maximum atomic E-state index is 11.5. The normalized spacial score (nSPS) is 13.4. The Morgan fingerprint density at radius 3 is 2.09 bits per heavy atom. The third kappa shape index (κ3) is 4.39. The van der Waals surface area contributed by atoms with Crippen molar-refractivity contribution in [3.05, 3.63) is 59.7 Å². The third-order valence-electron chi connectivity index (χ3n) is 3.91. The van der Waals surface area contributed by atoms with Crippen LogP contribution in [0.5, 0.6) is 0 Å². The molecule has 0 bridgehead atoms. The van der Waals surface area contributed by atoms with Crippen molar-refractivity contribution in [2.75, 3.05) is 6.54 Å². The van der Waals surface area contributed by atoms with Crippen molar-refractivity contribution in [1.29, 1.82) is 0 Å². The Balaban J connectivity index is 2.09. The van der Waals surface area contributed by atoms with Gasteiger partial charge in [-0.05, 0) is 30.5 Å². The molecule has 0 fully saturated rings. The van der Waals surface area contributed by atoms with E-state index in [-0.39, 0.29) is 12.6 Å². The lowest BCUT2D eigenvalue weighted by atomic mass is 10.0. The molecule has 122 valence electrons. The van der Waals surface area contributed by atoms with Crippen molar-refractivity contribution in [3.8, 4) is 11.1 Å². The minimum absolute atomic E-state index is 0.0621. The van der Waals surface area contributed by atoms with E-state index in [0.29, 0.717) is 0 Å². The van der Waals surface area contributed by atoms with Crippen LogP contribution in [0.15, 0.2) is 48.5 Å². The number of rotatable bonds is 6. The van der Waals surface area contributed by atoms with Gasteiger partial charge in [-0.25, -0.2) is 5.48 Å². The van der Waals surface area contributed by atoms with Crippen LogP contribution in [0.2, 0.25) is 0 Å². The van der Waals surface area contributed by atoms with Crippen LogP contribution in [-0.4, -0.2) is 23.7 Å². The van der Waals surface area contributed by atoms with Gasteiger partial charge in [-0.1, -0.05) is 54.1 Å². The van der Waals surface area contributed by atoms with Crippen molar-refractivity contribution in [1.82, 2.24) is 10.8 Å². The number of hydroxylamine groups is 1. The molecule has 0 aliphatic carbocycles. The first-order chi connectivity index (χ1) is 11.0. The Labute approximate surface area is 136 Å². The van der Waals surface area contributed by atoms with Crippen molar-refractivity contribution in [2.24, 2.45) is 5.73 Å². The molecule has 2 atom stereocenters. The number of carbonyl (C=O) groups is 1.